The van der Waals surface area contributed by atoms with Crippen LogP contribution in [0.2, 0.25) is 20.1 Å². The predicted molar refractivity (Wildman–Crippen MR) is 284 cm³/mol. The zero-order valence-electron chi connectivity index (χ0n) is 40.7. The van der Waals surface area contributed by atoms with Gasteiger partial charge in [-0.2, -0.15) is 0 Å². The van der Waals surface area contributed by atoms with Crippen LogP contribution < -0.4 is 53.6 Å². The maximum Gasteiger partial charge on any atom is 1.00 e. The van der Waals surface area contributed by atoms with E-state index < -0.39 is 11.9 Å². The average molecular weight is 1120 g/mol. The summed E-state index contributed by atoms with van der Waals surface area (Å²) in [5.41, 5.74) is 4.28. The molecule has 0 bridgehead atoms. The van der Waals surface area contributed by atoms with Gasteiger partial charge in [0.1, 0.15) is 59.1 Å². The van der Waals surface area contributed by atoms with Crippen LogP contribution in [-0.2, 0) is 13.2 Å². The normalized spacial score (nSPS) is 12.8. The number of ether oxygens (including phenoxy) is 4. The first-order valence-electron chi connectivity index (χ1n) is 23.8. The number of hydrogen-bond acceptors (Lipinski definition) is 13. The Bertz CT molecular complexity index is 3540. The van der Waals surface area contributed by atoms with Crippen molar-refractivity contribution in [2.75, 3.05) is 0 Å². The first-order chi connectivity index (χ1) is 36.9. The van der Waals surface area contributed by atoms with E-state index >= 15 is 0 Å². The van der Waals surface area contributed by atoms with Gasteiger partial charge in [-0.25, -0.2) is 14.8 Å². The third-order valence-corrected chi connectivity index (χ3v) is 13.9. The molecule has 6 aromatic carbocycles. The van der Waals surface area contributed by atoms with Gasteiger partial charge in [0.25, 0.3) is 0 Å². The van der Waals surface area contributed by atoms with Crippen LogP contribution >= 0.6 is 46.4 Å². The first-order valence-corrected chi connectivity index (χ1v) is 25.3. The summed E-state index contributed by atoms with van der Waals surface area (Å²) in [5.74, 6) is 3.10. The van der Waals surface area contributed by atoms with Crippen LogP contribution in [-0.4, -0.2) is 37.3 Å². The molecule has 380 valence electrons. The van der Waals surface area contributed by atoms with Gasteiger partial charge in [-0.3, -0.25) is 0 Å². The Hall–Kier alpha value is -7.14. The van der Waals surface area contributed by atoms with Crippen LogP contribution in [0.1, 0.15) is 80.9 Å². The van der Waals surface area contributed by atoms with Crippen molar-refractivity contribution < 1.29 is 77.4 Å². The largest absolute Gasteiger partial charge is 1.00 e. The third-order valence-electron chi connectivity index (χ3n) is 12.7. The Balaban J connectivity index is 0.000000172. The third kappa shape index (κ3) is 12.2. The van der Waals surface area contributed by atoms with Gasteiger partial charge < -0.3 is 43.0 Å². The molecule has 77 heavy (non-hydrogen) atoms. The second-order valence-electron chi connectivity index (χ2n) is 18.0. The SMILES string of the molecule is O=C(O)c1ccc(Oc2ccc3cc(OCc4c(-c5c(Cl)cccc5Cl)noc4C4CC4)ccc3c2)nc1.O=C([O-])c1ccc(Oc2ccc3cc(OCc4c(-c5c(Cl)cccc5Cl)noc4C4CC4)ccc3c2)nc1.[Na+]. The number of carbonyl (C=O) groups is 2. The molecule has 4 aromatic heterocycles. The zero-order chi connectivity index (χ0) is 52.5. The summed E-state index contributed by atoms with van der Waals surface area (Å²) in [5, 5.41) is 34.4. The second kappa shape index (κ2) is 23.2. The van der Waals surface area contributed by atoms with Crippen LogP contribution in [0.15, 0.2) is 155 Å². The van der Waals surface area contributed by atoms with E-state index in [1.165, 1.54) is 36.7 Å². The smallest absolute Gasteiger partial charge is 0.545 e. The van der Waals surface area contributed by atoms with Crippen LogP contribution in [0, 0.1) is 0 Å². The standard InChI is InChI=1S/2C29H20Cl2N2O5.Na/c2*30-23-2-1-3-24(31)26(23)27-22(28(38-33-27)16-4-5-16)15-36-20-9-6-18-13-21(10-7-17(18)12-20)37-25-11-8-19(14-32-25)29(34)35;/h2*1-3,6-14,16H,4-5,15H2,(H,34,35);/q;;+1/p-1. The van der Waals surface area contributed by atoms with E-state index in [1.54, 1.807) is 36.4 Å². The maximum atomic E-state index is 11.0. The second-order valence-corrected chi connectivity index (χ2v) is 19.6. The Morgan fingerprint density at radius 3 is 1.26 bits per heavy atom. The van der Waals surface area contributed by atoms with Crippen molar-refractivity contribution in [3.63, 3.8) is 0 Å². The van der Waals surface area contributed by atoms with E-state index in [-0.39, 0.29) is 59.8 Å². The topological polar surface area (TPSA) is 192 Å². The molecule has 0 unspecified atom stereocenters. The zero-order valence-corrected chi connectivity index (χ0v) is 45.7. The van der Waals surface area contributed by atoms with E-state index in [1.807, 2.05) is 72.8 Å². The first kappa shape index (κ1) is 53.3. The van der Waals surface area contributed by atoms with Crippen LogP contribution in [0.4, 0.5) is 0 Å². The van der Waals surface area contributed by atoms with Gasteiger partial charge in [-0.05, 0) is 132 Å². The number of carboxylic acids is 2. The average Bonchev–Trinajstić information content (AvgIpc) is 4.37. The molecule has 0 aliphatic heterocycles. The summed E-state index contributed by atoms with van der Waals surface area (Å²) >= 11 is 25.8. The molecule has 12 rings (SSSR count). The van der Waals surface area contributed by atoms with Crippen molar-refractivity contribution in [1.29, 1.82) is 0 Å². The molecule has 4 heterocycles. The molecule has 0 spiro atoms. The fraction of sp³-hybridized carbons (Fsp3) is 0.138. The molecule has 10 aromatic rings. The Labute approximate surface area is 481 Å². The Morgan fingerprint density at radius 2 is 0.909 bits per heavy atom. The number of aromatic carboxylic acids is 2. The molecule has 2 aliphatic rings. The van der Waals surface area contributed by atoms with E-state index in [4.69, 9.17) is 79.5 Å². The summed E-state index contributed by atoms with van der Waals surface area (Å²) in [6, 6.07) is 39.3. The van der Waals surface area contributed by atoms with Crippen molar-refractivity contribution >= 4 is 79.9 Å². The number of pyridine rings is 2. The van der Waals surface area contributed by atoms with Crippen molar-refractivity contribution in [2.24, 2.45) is 0 Å². The molecule has 0 atom stereocenters. The van der Waals surface area contributed by atoms with Crippen LogP contribution in [0.5, 0.6) is 34.8 Å². The molecule has 14 nitrogen and oxygen atoms in total. The summed E-state index contributed by atoms with van der Waals surface area (Å²) in [6.07, 6.45) is 6.67. The maximum absolute atomic E-state index is 11.0. The number of rotatable bonds is 16. The van der Waals surface area contributed by atoms with Crippen molar-refractivity contribution in [3.8, 4) is 57.3 Å². The van der Waals surface area contributed by atoms with Gasteiger partial charge in [-0.1, -0.05) is 93.1 Å². The fourth-order valence-corrected chi connectivity index (χ4v) is 9.64. The molecule has 0 saturated heterocycles. The van der Waals surface area contributed by atoms with Crippen LogP contribution in [0.25, 0.3) is 44.1 Å². The Morgan fingerprint density at radius 1 is 0.532 bits per heavy atom. The number of hydrogen-bond donors (Lipinski definition) is 1. The van der Waals surface area contributed by atoms with Gasteiger partial charge in [0, 0.05) is 53.1 Å². The quantitative estimate of drug-likeness (QED) is 0.0898. The number of carbonyl (C=O) groups excluding carboxylic acids is 1. The molecule has 2 saturated carbocycles. The minimum Gasteiger partial charge on any atom is -0.545 e. The number of fused-ring (bicyclic) bond motifs is 2. The molecular weight excluding hydrogens is 1080 g/mol. The number of halogens is 4. The predicted octanol–water partition coefficient (Wildman–Crippen LogP) is 12.0. The van der Waals surface area contributed by atoms with E-state index in [9.17, 15) is 14.7 Å². The minimum absolute atomic E-state index is 0. The molecule has 0 radical (unpaired) electrons. The van der Waals surface area contributed by atoms with E-state index in [0.717, 1.165) is 69.9 Å². The molecule has 19 heteroatoms. The Kier molecular flexibility index (Phi) is 16.1. The van der Waals surface area contributed by atoms with E-state index in [0.29, 0.717) is 83.3 Å². The fourth-order valence-electron chi connectivity index (χ4n) is 8.49. The minimum atomic E-state index is -1.29. The summed E-state index contributed by atoms with van der Waals surface area (Å²) in [7, 11) is 0. The molecule has 0 amide bonds. The van der Waals surface area contributed by atoms with Crippen LogP contribution in [0.3, 0.4) is 0 Å². The number of carboxylic acid groups (broad SMARTS) is 2. The molecule has 2 fully saturated rings. The molecular formula is C58H39Cl4N4NaO10. The summed E-state index contributed by atoms with van der Waals surface area (Å²) in [6.45, 7) is 0.517. The monoisotopic (exact) mass is 1110 g/mol. The molecule has 2 aliphatic carbocycles. The van der Waals surface area contributed by atoms with Gasteiger partial charge in [-0.15, -0.1) is 0 Å². The van der Waals surface area contributed by atoms with Gasteiger partial charge >= 0.3 is 35.5 Å². The molecule has 1 N–H and O–H groups in total. The van der Waals surface area contributed by atoms with E-state index in [2.05, 4.69) is 20.3 Å². The van der Waals surface area contributed by atoms with Crippen molar-refractivity contribution in [3.05, 3.63) is 200 Å². The number of nitrogens with zero attached hydrogens (tertiary/aromatic N) is 4. The van der Waals surface area contributed by atoms with Gasteiger partial charge in [0.2, 0.25) is 11.8 Å². The van der Waals surface area contributed by atoms with Crippen molar-refractivity contribution in [1.82, 2.24) is 20.3 Å². The summed E-state index contributed by atoms with van der Waals surface area (Å²) < 4.78 is 35.4. The number of benzene rings is 6. The van der Waals surface area contributed by atoms with Crippen molar-refractivity contribution in [2.45, 2.75) is 50.7 Å². The van der Waals surface area contributed by atoms with Gasteiger partial charge in [0.15, 0.2) is 0 Å². The summed E-state index contributed by atoms with van der Waals surface area (Å²) in [4.78, 5) is 30.0. The number of aromatic nitrogens is 4. The van der Waals surface area contributed by atoms with Gasteiger partial charge in [0.05, 0.1) is 42.8 Å².